The van der Waals surface area contributed by atoms with Crippen molar-refractivity contribution in [2.45, 2.75) is 33.2 Å². The minimum absolute atomic E-state index is 0.200. The molecule has 0 radical (unpaired) electrons. The standard InChI is InChI=1S/C17H21N3O/c1-4-13(3)19-15-9-10-16(18-11-15)17(21)20-14-7-5-12(2)6-8-14/h5-11,13,19H,4H2,1-3H3,(H,20,21). The second-order valence-corrected chi connectivity index (χ2v) is 5.21. The van der Waals surface area contributed by atoms with Crippen molar-refractivity contribution in [3.63, 3.8) is 0 Å². The largest absolute Gasteiger partial charge is 0.381 e. The number of hydrogen-bond donors (Lipinski definition) is 2. The van der Waals surface area contributed by atoms with E-state index in [0.29, 0.717) is 11.7 Å². The molecule has 1 amide bonds. The quantitative estimate of drug-likeness (QED) is 0.876. The lowest BCUT2D eigenvalue weighted by molar-refractivity contribution is 0.102. The normalized spacial score (nSPS) is 11.8. The fourth-order valence-corrected chi connectivity index (χ4v) is 1.83. The van der Waals surface area contributed by atoms with Crippen LogP contribution in [-0.2, 0) is 0 Å². The van der Waals surface area contributed by atoms with Crippen molar-refractivity contribution in [3.8, 4) is 0 Å². The van der Waals surface area contributed by atoms with Crippen molar-refractivity contribution in [1.82, 2.24) is 4.98 Å². The average Bonchev–Trinajstić information content (AvgIpc) is 2.50. The maximum Gasteiger partial charge on any atom is 0.274 e. The van der Waals surface area contributed by atoms with E-state index in [4.69, 9.17) is 0 Å². The van der Waals surface area contributed by atoms with E-state index in [1.165, 1.54) is 0 Å². The molecule has 1 aromatic heterocycles. The molecular formula is C17H21N3O. The minimum Gasteiger partial charge on any atom is -0.381 e. The van der Waals surface area contributed by atoms with E-state index in [0.717, 1.165) is 23.4 Å². The number of carbonyl (C=O) groups excluding carboxylic acids is 1. The maximum atomic E-state index is 12.1. The number of aryl methyl sites for hydroxylation is 1. The van der Waals surface area contributed by atoms with Crippen LogP contribution in [0.15, 0.2) is 42.6 Å². The fourth-order valence-electron chi connectivity index (χ4n) is 1.83. The Morgan fingerprint density at radius 1 is 1.14 bits per heavy atom. The minimum atomic E-state index is -0.200. The van der Waals surface area contributed by atoms with Crippen molar-refractivity contribution >= 4 is 17.3 Å². The Labute approximate surface area is 125 Å². The third-order valence-electron chi connectivity index (χ3n) is 3.33. The van der Waals surface area contributed by atoms with Gasteiger partial charge in [-0.25, -0.2) is 4.98 Å². The van der Waals surface area contributed by atoms with Gasteiger partial charge < -0.3 is 10.6 Å². The second kappa shape index (κ2) is 6.88. The van der Waals surface area contributed by atoms with E-state index in [9.17, 15) is 4.79 Å². The molecule has 0 bridgehead atoms. The summed E-state index contributed by atoms with van der Waals surface area (Å²) >= 11 is 0. The fraction of sp³-hybridized carbons (Fsp3) is 0.294. The first-order valence-corrected chi connectivity index (χ1v) is 7.19. The highest BCUT2D eigenvalue weighted by molar-refractivity contribution is 6.02. The summed E-state index contributed by atoms with van der Waals surface area (Å²) < 4.78 is 0. The molecule has 110 valence electrons. The lowest BCUT2D eigenvalue weighted by Crippen LogP contribution is -2.16. The van der Waals surface area contributed by atoms with Crippen LogP contribution in [0.4, 0.5) is 11.4 Å². The van der Waals surface area contributed by atoms with Gasteiger partial charge in [0.05, 0.1) is 11.9 Å². The zero-order valence-electron chi connectivity index (χ0n) is 12.7. The van der Waals surface area contributed by atoms with Crippen LogP contribution in [-0.4, -0.2) is 16.9 Å². The Morgan fingerprint density at radius 3 is 2.38 bits per heavy atom. The Balaban J connectivity index is 2.01. The summed E-state index contributed by atoms with van der Waals surface area (Å²) in [7, 11) is 0. The third kappa shape index (κ3) is 4.31. The summed E-state index contributed by atoms with van der Waals surface area (Å²) in [5.41, 5.74) is 3.27. The summed E-state index contributed by atoms with van der Waals surface area (Å²) in [6.45, 7) is 6.24. The van der Waals surface area contributed by atoms with Crippen LogP contribution in [0.5, 0.6) is 0 Å². The number of amides is 1. The van der Waals surface area contributed by atoms with Gasteiger partial charge in [-0.3, -0.25) is 4.79 Å². The van der Waals surface area contributed by atoms with Gasteiger partial charge in [0.1, 0.15) is 5.69 Å². The predicted octanol–water partition coefficient (Wildman–Crippen LogP) is 3.85. The zero-order valence-corrected chi connectivity index (χ0v) is 12.7. The van der Waals surface area contributed by atoms with Crippen molar-refractivity contribution in [2.24, 2.45) is 0 Å². The molecule has 0 aliphatic heterocycles. The van der Waals surface area contributed by atoms with Crippen molar-refractivity contribution in [2.75, 3.05) is 10.6 Å². The molecule has 4 heteroatoms. The highest BCUT2D eigenvalue weighted by Gasteiger charge is 2.08. The summed E-state index contributed by atoms with van der Waals surface area (Å²) in [6.07, 6.45) is 2.73. The van der Waals surface area contributed by atoms with Crippen LogP contribution < -0.4 is 10.6 Å². The van der Waals surface area contributed by atoms with Crippen LogP contribution in [0.1, 0.15) is 36.3 Å². The number of pyridine rings is 1. The Bertz CT molecular complexity index is 590. The molecule has 21 heavy (non-hydrogen) atoms. The lowest BCUT2D eigenvalue weighted by Gasteiger charge is -2.12. The number of rotatable bonds is 5. The molecule has 1 atom stereocenters. The predicted molar refractivity (Wildman–Crippen MR) is 86.7 cm³/mol. The molecule has 0 spiro atoms. The van der Waals surface area contributed by atoms with Gasteiger partial charge in [-0.1, -0.05) is 24.6 Å². The van der Waals surface area contributed by atoms with Crippen LogP contribution in [0, 0.1) is 6.92 Å². The van der Waals surface area contributed by atoms with Gasteiger partial charge in [0, 0.05) is 11.7 Å². The first kappa shape index (κ1) is 15.0. The number of hydrogen-bond acceptors (Lipinski definition) is 3. The highest BCUT2D eigenvalue weighted by Crippen LogP contribution is 2.12. The third-order valence-corrected chi connectivity index (χ3v) is 3.33. The smallest absolute Gasteiger partial charge is 0.274 e. The number of nitrogens with zero attached hydrogens (tertiary/aromatic N) is 1. The van der Waals surface area contributed by atoms with Crippen LogP contribution in [0.3, 0.4) is 0 Å². The molecule has 1 aromatic carbocycles. The molecule has 0 saturated carbocycles. The molecule has 1 heterocycles. The number of nitrogens with one attached hydrogen (secondary N) is 2. The molecule has 4 nitrogen and oxygen atoms in total. The molecule has 2 rings (SSSR count). The molecule has 0 aliphatic carbocycles. The molecule has 0 aliphatic rings. The number of anilines is 2. The SMILES string of the molecule is CCC(C)Nc1ccc(C(=O)Nc2ccc(C)cc2)nc1. The van der Waals surface area contributed by atoms with Gasteiger partial charge in [-0.2, -0.15) is 0 Å². The van der Waals surface area contributed by atoms with E-state index in [1.54, 1.807) is 12.3 Å². The molecule has 0 fully saturated rings. The number of benzene rings is 1. The van der Waals surface area contributed by atoms with Gasteiger partial charge in [0.25, 0.3) is 5.91 Å². The summed E-state index contributed by atoms with van der Waals surface area (Å²) in [6, 6.07) is 11.7. The monoisotopic (exact) mass is 283 g/mol. The van der Waals surface area contributed by atoms with Gasteiger partial charge in [-0.15, -0.1) is 0 Å². The van der Waals surface area contributed by atoms with Crippen LogP contribution >= 0.6 is 0 Å². The summed E-state index contributed by atoms with van der Waals surface area (Å²) in [5.74, 6) is -0.200. The van der Waals surface area contributed by atoms with Crippen molar-refractivity contribution in [1.29, 1.82) is 0 Å². The zero-order chi connectivity index (χ0) is 15.2. The molecule has 2 aromatic rings. The summed E-state index contributed by atoms with van der Waals surface area (Å²) in [5, 5.41) is 6.15. The number of aromatic nitrogens is 1. The highest BCUT2D eigenvalue weighted by atomic mass is 16.1. The molecule has 2 N–H and O–H groups in total. The van der Waals surface area contributed by atoms with E-state index < -0.39 is 0 Å². The molecule has 1 unspecified atom stereocenters. The average molecular weight is 283 g/mol. The van der Waals surface area contributed by atoms with E-state index in [2.05, 4.69) is 29.5 Å². The van der Waals surface area contributed by atoms with Crippen LogP contribution in [0.2, 0.25) is 0 Å². The Hall–Kier alpha value is -2.36. The Kier molecular flexibility index (Phi) is 4.93. The first-order valence-electron chi connectivity index (χ1n) is 7.19. The molecule has 0 saturated heterocycles. The van der Waals surface area contributed by atoms with Gasteiger partial charge in [0.2, 0.25) is 0 Å². The number of carbonyl (C=O) groups is 1. The topological polar surface area (TPSA) is 54.0 Å². The van der Waals surface area contributed by atoms with Gasteiger partial charge in [0.15, 0.2) is 0 Å². The van der Waals surface area contributed by atoms with E-state index >= 15 is 0 Å². The van der Waals surface area contributed by atoms with Gasteiger partial charge >= 0.3 is 0 Å². The second-order valence-electron chi connectivity index (χ2n) is 5.21. The van der Waals surface area contributed by atoms with Gasteiger partial charge in [-0.05, 0) is 44.5 Å². The Morgan fingerprint density at radius 2 is 1.81 bits per heavy atom. The van der Waals surface area contributed by atoms with Crippen molar-refractivity contribution < 1.29 is 4.79 Å². The van der Waals surface area contributed by atoms with E-state index in [1.807, 2.05) is 37.3 Å². The van der Waals surface area contributed by atoms with Crippen LogP contribution in [0.25, 0.3) is 0 Å². The summed E-state index contributed by atoms with van der Waals surface area (Å²) in [4.78, 5) is 16.3. The molecular weight excluding hydrogens is 262 g/mol. The van der Waals surface area contributed by atoms with E-state index in [-0.39, 0.29) is 5.91 Å². The first-order chi connectivity index (χ1) is 10.1. The maximum absolute atomic E-state index is 12.1. The lowest BCUT2D eigenvalue weighted by atomic mass is 10.2. The van der Waals surface area contributed by atoms with Crippen molar-refractivity contribution in [3.05, 3.63) is 53.9 Å².